The smallest absolute Gasteiger partial charge is 0.309 e. The van der Waals surface area contributed by atoms with E-state index in [0.29, 0.717) is 17.9 Å². The van der Waals surface area contributed by atoms with E-state index in [9.17, 15) is 14.3 Å². The van der Waals surface area contributed by atoms with Crippen molar-refractivity contribution < 1.29 is 19.0 Å². The third-order valence-corrected chi connectivity index (χ3v) is 8.31. The quantitative estimate of drug-likeness (QED) is 0.526. The molecule has 0 bridgehead atoms. The zero-order valence-electron chi connectivity index (χ0n) is 19.6. The second-order valence-electron chi connectivity index (χ2n) is 10.6. The summed E-state index contributed by atoms with van der Waals surface area (Å²) in [6.07, 6.45) is 17.2. The molecule has 5 rings (SSSR count). The molecule has 3 nitrogen and oxygen atoms in total. The molecule has 0 amide bonds. The van der Waals surface area contributed by atoms with Crippen molar-refractivity contribution in [2.45, 2.75) is 89.8 Å². The first kappa shape index (κ1) is 22.6. The van der Waals surface area contributed by atoms with Crippen LogP contribution in [0.15, 0.2) is 47.6 Å². The highest BCUT2D eigenvalue weighted by Gasteiger charge is 2.44. The molecule has 1 N–H and O–H groups in total. The molecule has 1 saturated heterocycles. The summed E-state index contributed by atoms with van der Waals surface area (Å²) in [5.74, 6) is 0.145. The molecule has 1 heterocycles. The second kappa shape index (κ2) is 9.21. The summed E-state index contributed by atoms with van der Waals surface area (Å²) in [5.41, 5.74) is 5.90. The van der Waals surface area contributed by atoms with Gasteiger partial charge in [-0.1, -0.05) is 49.5 Å². The van der Waals surface area contributed by atoms with Crippen molar-refractivity contribution in [3.63, 3.8) is 0 Å². The van der Waals surface area contributed by atoms with Crippen molar-refractivity contribution >= 4 is 11.5 Å². The van der Waals surface area contributed by atoms with Crippen LogP contribution < -0.4 is 0 Å². The van der Waals surface area contributed by atoms with Crippen LogP contribution in [0.1, 0.15) is 81.8 Å². The fourth-order valence-electron chi connectivity index (χ4n) is 6.32. The minimum Gasteiger partial charge on any atom is -0.458 e. The molecular weight excluding hydrogens is 415 g/mol. The second-order valence-corrected chi connectivity index (χ2v) is 10.6. The number of carbonyl (C=O) groups is 1. The maximum Gasteiger partial charge on any atom is 0.309 e. The number of halogens is 1. The van der Waals surface area contributed by atoms with Crippen molar-refractivity contribution in [3.05, 3.63) is 64.5 Å². The number of aliphatic hydroxyl groups excluding tert-OH is 1. The van der Waals surface area contributed by atoms with Gasteiger partial charge in [-0.2, -0.15) is 0 Å². The fraction of sp³-hybridized carbons (Fsp3) is 0.552. The molecule has 4 heteroatoms. The van der Waals surface area contributed by atoms with Gasteiger partial charge in [0, 0.05) is 6.42 Å². The summed E-state index contributed by atoms with van der Waals surface area (Å²) in [6, 6.07) is 5.45. The minimum absolute atomic E-state index is 0.0740. The van der Waals surface area contributed by atoms with E-state index in [2.05, 4.69) is 12.2 Å². The van der Waals surface area contributed by atoms with Crippen LogP contribution in [0.5, 0.6) is 0 Å². The molecule has 1 aromatic rings. The number of benzene rings is 1. The molecular formula is C29H35FO3. The SMILES string of the molecule is Cc1cc(C2=C(/C=C/[C@@H]3C[C@@H](O)CC(=O)O3)C3(CCC3)CC(C3CCCCC3)=C2)ccc1F. The molecule has 2 saturated carbocycles. The highest BCUT2D eigenvalue weighted by molar-refractivity contribution is 5.82. The summed E-state index contributed by atoms with van der Waals surface area (Å²) in [7, 11) is 0. The lowest BCUT2D eigenvalue weighted by Gasteiger charge is -2.48. The van der Waals surface area contributed by atoms with E-state index in [1.54, 1.807) is 11.6 Å². The van der Waals surface area contributed by atoms with Crippen LogP contribution in [-0.2, 0) is 9.53 Å². The lowest BCUT2D eigenvalue weighted by Crippen LogP contribution is -2.36. The molecule has 0 aromatic heterocycles. The number of allylic oxidation sites excluding steroid dienone is 5. The van der Waals surface area contributed by atoms with Crippen LogP contribution in [0.4, 0.5) is 4.39 Å². The molecule has 1 aliphatic heterocycles. The third-order valence-electron chi connectivity index (χ3n) is 8.31. The summed E-state index contributed by atoms with van der Waals surface area (Å²) >= 11 is 0. The van der Waals surface area contributed by atoms with E-state index in [4.69, 9.17) is 4.74 Å². The number of hydrogen-bond donors (Lipinski definition) is 1. The van der Waals surface area contributed by atoms with Gasteiger partial charge in [0.15, 0.2) is 0 Å². The summed E-state index contributed by atoms with van der Waals surface area (Å²) in [5, 5.41) is 10.0. The zero-order chi connectivity index (χ0) is 23.0. The van der Waals surface area contributed by atoms with E-state index < -0.39 is 12.2 Å². The van der Waals surface area contributed by atoms with Crippen LogP contribution in [0.25, 0.3) is 5.57 Å². The lowest BCUT2D eigenvalue weighted by molar-refractivity contribution is -0.156. The Balaban J connectivity index is 1.58. The first-order chi connectivity index (χ1) is 15.9. The molecule has 4 aliphatic rings. The Bertz CT molecular complexity index is 1010. The Morgan fingerprint density at radius 1 is 1.15 bits per heavy atom. The predicted molar refractivity (Wildman–Crippen MR) is 128 cm³/mol. The van der Waals surface area contributed by atoms with Gasteiger partial charge in [0.2, 0.25) is 0 Å². The standard InChI is InChI=1S/C29H35FO3/c1-19-14-21(8-11-27(19)30)25-15-22(20-6-3-2-4-7-20)18-29(12-5-13-29)26(25)10-9-24-16-23(31)17-28(32)33-24/h8-11,14-15,20,23-24,31H,2-7,12-13,16-18H2,1H3/b10-9+/t23-,24-/m1/s1. The molecule has 3 fully saturated rings. The van der Waals surface area contributed by atoms with E-state index in [-0.39, 0.29) is 23.6 Å². The van der Waals surface area contributed by atoms with Crippen LogP contribution in [0.3, 0.4) is 0 Å². The number of cyclic esters (lactones) is 1. The first-order valence-corrected chi connectivity index (χ1v) is 12.7. The van der Waals surface area contributed by atoms with Gasteiger partial charge in [-0.05, 0) is 90.8 Å². The van der Waals surface area contributed by atoms with Crippen LogP contribution >= 0.6 is 0 Å². The molecule has 1 aromatic carbocycles. The highest BCUT2D eigenvalue weighted by Crippen LogP contribution is 2.58. The van der Waals surface area contributed by atoms with Crippen molar-refractivity contribution in [2.24, 2.45) is 11.3 Å². The van der Waals surface area contributed by atoms with Gasteiger partial charge in [-0.25, -0.2) is 4.39 Å². The van der Waals surface area contributed by atoms with Crippen molar-refractivity contribution in [2.75, 3.05) is 0 Å². The Morgan fingerprint density at radius 2 is 1.94 bits per heavy atom. The molecule has 1 spiro atoms. The highest BCUT2D eigenvalue weighted by atomic mass is 19.1. The Hall–Kier alpha value is -2.20. The van der Waals surface area contributed by atoms with Gasteiger partial charge < -0.3 is 9.84 Å². The van der Waals surface area contributed by atoms with Crippen LogP contribution in [0, 0.1) is 24.1 Å². The van der Waals surface area contributed by atoms with E-state index in [1.165, 1.54) is 49.7 Å². The average Bonchev–Trinajstić information content (AvgIpc) is 2.78. The lowest BCUT2D eigenvalue weighted by atomic mass is 9.56. The zero-order valence-corrected chi connectivity index (χ0v) is 19.6. The van der Waals surface area contributed by atoms with E-state index in [0.717, 1.165) is 24.8 Å². The van der Waals surface area contributed by atoms with Gasteiger partial charge in [-0.15, -0.1) is 0 Å². The van der Waals surface area contributed by atoms with Crippen molar-refractivity contribution in [3.8, 4) is 0 Å². The number of ether oxygens (including phenoxy) is 1. The number of hydrogen-bond acceptors (Lipinski definition) is 3. The normalized spacial score (nSPS) is 28.1. The molecule has 0 radical (unpaired) electrons. The van der Waals surface area contributed by atoms with Crippen molar-refractivity contribution in [1.82, 2.24) is 0 Å². The van der Waals surface area contributed by atoms with Crippen molar-refractivity contribution in [1.29, 1.82) is 0 Å². The number of esters is 1. The largest absolute Gasteiger partial charge is 0.458 e. The van der Waals surface area contributed by atoms with Crippen LogP contribution in [-0.4, -0.2) is 23.3 Å². The summed E-state index contributed by atoms with van der Waals surface area (Å²) < 4.78 is 19.6. The molecule has 3 aliphatic carbocycles. The van der Waals surface area contributed by atoms with Gasteiger partial charge in [-0.3, -0.25) is 4.79 Å². The van der Waals surface area contributed by atoms with Gasteiger partial charge in [0.25, 0.3) is 0 Å². The number of aliphatic hydroxyl groups is 1. The maximum atomic E-state index is 14.1. The Kier molecular flexibility index (Phi) is 6.30. The summed E-state index contributed by atoms with van der Waals surface area (Å²) in [4.78, 5) is 11.8. The Labute approximate surface area is 196 Å². The third kappa shape index (κ3) is 4.59. The molecule has 0 unspecified atom stereocenters. The van der Waals surface area contributed by atoms with E-state index >= 15 is 0 Å². The Morgan fingerprint density at radius 3 is 2.61 bits per heavy atom. The summed E-state index contributed by atoms with van der Waals surface area (Å²) in [6.45, 7) is 1.82. The molecule has 176 valence electrons. The number of rotatable bonds is 4. The average molecular weight is 451 g/mol. The topological polar surface area (TPSA) is 46.5 Å². The predicted octanol–water partition coefficient (Wildman–Crippen LogP) is 6.59. The monoisotopic (exact) mass is 450 g/mol. The minimum atomic E-state index is -0.643. The van der Waals surface area contributed by atoms with Gasteiger partial charge >= 0.3 is 5.97 Å². The molecule has 2 atom stereocenters. The van der Waals surface area contributed by atoms with Gasteiger partial charge in [0.1, 0.15) is 11.9 Å². The van der Waals surface area contributed by atoms with Crippen LogP contribution in [0.2, 0.25) is 0 Å². The maximum absolute atomic E-state index is 14.1. The first-order valence-electron chi connectivity index (χ1n) is 12.7. The van der Waals surface area contributed by atoms with Gasteiger partial charge in [0.05, 0.1) is 12.5 Å². The number of carbonyl (C=O) groups excluding carboxylic acids is 1. The van der Waals surface area contributed by atoms with E-state index in [1.807, 2.05) is 25.1 Å². The number of aryl methyl sites for hydroxylation is 1. The molecule has 33 heavy (non-hydrogen) atoms. The fourth-order valence-corrected chi connectivity index (χ4v) is 6.32.